The van der Waals surface area contributed by atoms with Crippen molar-refractivity contribution in [2.24, 2.45) is 5.92 Å². The van der Waals surface area contributed by atoms with Crippen LogP contribution in [0.3, 0.4) is 0 Å². The monoisotopic (exact) mass is 278 g/mol. The molecule has 3 heteroatoms. The number of para-hydroxylation sites is 2. The number of hydrazine groups is 1. The van der Waals surface area contributed by atoms with Gasteiger partial charge in [0.15, 0.2) is 6.23 Å². The van der Waals surface area contributed by atoms with Crippen LogP contribution in [-0.4, -0.2) is 12.8 Å². The van der Waals surface area contributed by atoms with Gasteiger partial charge in [0.25, 0.3) is 0 Å². The minimum Gasteiger partial charge on any atom is -0.476 e. The molecule has 0 amide bonds. The number of hydrogen-bond donors (Lipinski definition) is 0. The minimum absolute atomic E-state index is 0.0811. The maximum atomic E-state index is 5.92. The van der Waals surface area contributed by atoms with Gasteiger partial charge in [-0.2, -0.15) is 0 Å². The molecular formula is C18H18N2O. The lowest BCUT2D eigenvalue weighted by Gasteiger charge is -2.35. The highest BCUT2D eigenvalue weighted by Crippen LogP contribution is 2.37. The summed E-state index contributed by atoms with van der Waals surface area (Å²) in [6, 6.07) is 21.0. The first-order valence-corrected chi connectivity index (χ1v) is 7.41. The van der Waals surface area contributed by atoms with Crippen molar-refractivity contribution in [3.05, 3.63) is 73.0 Å². The number of rotatable bonds is 2. The quantitative estimate of drug-likeness (QED) is 0.831. The fraction of sp³-hybridized carbons (Fsp3) is 0.222. The second-order valence-electron chi connectivity index (χ2n) is 5.49. The van der Waals surface area contributed by atoms with E-state index >= 15 is 0 Å². The number of anilines is 2. The molecular weight excluding hydrogens is 260 g/mol. The first-order chi connectivity index (χ1) is 10.4. The zero-order valence-electron chi connectivity index (χ0n) is 11.8. The summed E-state index contributed by atoms with van der Waals surface area (Å²) in [4.78, 5) is 0. The van der Waals surface area contributed by atoms with Crippen LogP contribution < -0.4 is 10.0 Å². The van der Waals surface area contributed by atoms with Crippen molar-refractivity contribution in [3.8, 4) is 0 Å². The first-order valence-electron chi connectivity index (χ1n) is 7.41. The van der Waals surface area contributed by atoms with Gasteiger partial charge >= 0.3 is 0 Å². The summed E-state index contributed by atoms with van der Waals surface area (Å²) in [7, 11) is 0. The van der Waals surface area contributed by atoms with Crippen molar-refractivity contribution in [1.29, 1.82) is 0 Å². The summed E-state index contributed by atoms with van der Waals surface area (Å²) in [5.74, 6) is 0.496. The predicted octanol–water partition coefficient (Wildman–Crippen LogP) is 3.80. The third-order valence-electron chi connectivity index (χ3n) is 4.14. The molecule has 2 aromatic rings. The van der Waals surface area contributed by atoms with Gasteiger partial charge in [0.05, 0.1) is 17.6 Å². The average molecular weight is 278 g/mol. The Bertz CT molecular complexity index is 626. The Hall–Kier alpha value is -2.42. The molecule has 1 fully saturated rings. The number of nitrogens with zero attached hydrogens (tertiary/aromatic N) is 2. The molecule has 0 bridgehead atoms. The molecule has 2 heterocycles. The highest BCUT2D eigenvalue weighted by Gasteiger charge is 2.42. The molecule has 2 atom stereocenters. The molecule has 1 saturated heterocycles. The van der Waals surface area contributed by atoms with Gasteiger partial charge in [-0.15, -0.1) is 0 Å². The average Bonchev–Trinajstić information content (AvgIpc) is 2.96. The standard InChI is InChI=1S/C18H18N2O/c1-3-9-16(10-4-1)19-14-15-8-7-13-21-18(15)20(19)17-11-5-2-6-12-17/h1-7,9-13,15,18H,8,14H2. The molecule has 2 aromatic carbocycles. The molecule has 4 rings (SSSR count). The van der Waals surface area contributed by atoms with Crippen molar-refractivity contribution >= 4 is 11.4 Å². The van der Waals surface area contributed by atoms with E-state index in [1.54, 1.807) is 0 Å². The third-order valence-corrected chi connectivity index (χ3v) is 4.14. The largest absolute Gasteiger partial charge is 0.476 e. The molecule has 106 valence electrons. The zero-order valence-corrected chi connectivity index (χ0v) is 11.8. The molecule has 0 saturated carbocycles. The molecule has 0 aromatic heterocycles. The fourth-order valence-electron chi connectivity index (χ4n) is 3.16. The smallest absolute Gasteiger partial charge is 0.194 e. The van der Waals surface area contributed by atoms with Gasteiger partial charge in [-0.1, -0.05) is 36.4 Å². The Balaban J connectivity index is 1.75. The summed E-state index contributed by atoms with van der Waals surface area (Å²) < 4.78 is 5.92. The van der Waals surface area contributed by atoms with E-state index in [0.717, 1.165) is 13.0 Å². The minimum atomic E-state index is 0.0811. The van der Waals surface area contributed by atoms with Crippen LogP contribution in [0.2, 0.25) is 0 Å². The maximum Gasteiger partial charge on any atom is 0.194 e. The topological polar surface area (TPSA) is 15.7 Å². The van der Waals surface area contributed by atoms with Crippen molar-refractivity contribution < 1.29 is 4.74 Å². The van der Waals surface area contributed by atoms with Crippen molar-refractivity contribution in [2.75, 3.05) is 16.6 Å². The van der Waals surface area contributed by atoms with Crippen molar-refractivity contribution in [3.63, 3.8) is 0 Å². The second kappa shape index (κ2) is 5.17. The Morgan fingerprint density at radius 1 is 0.857 bits per heavy atom. The summed E-state index contributed by atoms with van der Waals surface area (Å²) in [5.41, 5.74) is 2.38. The van der Waals surface area contributed by atoms with Gasteiger partial charge in [-0.3, -0.25) is 5.01 Å². The molecule has 2 aliphatic rings. The number of ether oxygens (including phenoxy) is 1. The molecule has 2 unspecified atom stereocenters. The molecule has 0 radical (unpaired) electrons. The van der Waals surface area contributed by atoms with Crippen LogP contribution in [0.15, 0.2) is 73.0 Å². The van der Waals surface area contributed by atoms with Crippen LogP contribution in [0.25, 0.3) is 0 Å². The molecule has 21 heavy (non-hydrogen) atoms. The Kier molecular flexibility index (Phi) is 3.03. The Morgan fingerprint density at radius 3 is 2.24 bits per heavy atom. The lowest BCUT2D eigenvalue weighted by Crippen LogP contribution is -2.43. The van der Waals surface area contributed by atoms with Crippen LogP contribution in [0.1, 0.15) is 6.42 Å². The molecule has 0 aliphatic carbocycles. The second-order valence-corrected chi connectivity index (χ2v) is 5.49. The van der Waals surface area contributed by atoms with Crippen LogP contribution in [0, 0.1) is 5.92 Å². The van der Waals surface area contributed by atoms with Gasteiger partial charge in [0.2, 0.25) is 0 Å². The van der Waals surface area contributed by atoms with E-state index < -0.39 is 0 Å². The van der Waals surface area contributed by atoms with Gasteiger partial charge in [-0.25, -0.2) is 5.01 Å². The van der Waals surface area contributed by atoms with Gasteiger partial charge in [-0.05, 0) is 36.8 Å². The first kappa shape index (κ1) is 12.3. The number of hydrogen-bond acceptors (Lipinski definition) is 3. The zero-order chi connectivity index (χ0) is 14.1. The van der Waals surface area contributed by atoms with E-state index in [0.29, 0.717) is 5.92 Å². The number of benzene rings is 2. The molecule has 0 spiro atoms. The lowest BCUT2D eigenvalue weighted by molar-refractivity contribution is 0.0989. The van der Waals surface area contributed by atoms with E-state index in [2.05, 4.69) is 70.7 Å². The van der Waals surface area contributed by atoms with Crippen LogP contribution in [0.4, 0.5) is 11.4 Å². The normalized spacial score (nSPS) is 23.8. The van der Waals surface area contributed by atoms with E-state index in [9.17, 15) is 0 Å². The van der Waals surface area contributed by atoms with E-state index in [1.807, 2.05) is 12.3 Å². The van der Waals surface area contributed by atoms with E-state index in [4.69, 9.17) is 4.74 Å². The lowest BCUT2D eigenvalue weighted by atomic mass is 10.0. The number of fused-ring (bicyclic) bond motifs is 1. The van der Waals surface area contributed by atoms with E-state index in [1.165, 1.54) is 11.4 Å². The SMILES string of the molecule is C1=COC2C(C1)CN(c1ccccc1)N2c1ccccc1. The summed E-state index contributed by atoms with van der Waals surface area (Å²) >= 11 is 0. The summed E-state index contributed by atoms with van der Waals surface area (Å²) in [5, 5.41) is 4.61. The van der Waals surface area contributed by atoms with E-state index in [-0.39, 0.29) is 6.23 Å². The third kappa shape index (κ3) is 2.15. The van der Waals surface area contributed by atoms with Crippen LogP contribution >= 0.6 is 0 Å². The molecule has 0 N–H and O–H groups in total. The number of allylic oxidation sites excluding steroid dienone is 1. The summed E-state index contributed by atoms with van der Waals surface area (Å²) in [6.45, 7) is 0.980. The fourth-order valence-corrected chi connectivity index (χ4v) is 3.16. The highest BCUT2D eigenvalue weighted by molar-refractivity contribution is 5.60. The van der Waals surface area contributed by atoms with Crippen LogP contribution in [0.5, 0.6) is 0 Å². The predicted molar refractivity (Wildman–Crippen MR) is 84.8 cm³/mol. The molecule has 3 nitrogen and oxygen atoms in total. The van der Waals surface area contributed by atoms with Gasteiger partial charge in [0, 0.05) is 12.5 Å². The highest BCUT2D eigenvalue weighted by atomic mass is 16.5. The van der Waals surface area contributed by atoms with Crippen molar-refractivity contribution in [1.82, 2.24) is 0 Å². The maximum absolute atomic E-state index is 5.92. The Labute approximate surface area is 125 Å². The Morgan fingerprint density at radius 2 is 1.52 bits per heavy atom. The van der Waals surface area contributed by atoms with Crippen LogP contribution in [-0.2, 0) is 4.74 Å². The van der Waals surface area contributed by atoms with Crippen molar-refractivity contribution in [2.45, 2.75) is 12.6 Å². The van der Waals surface area contributed by atoms with Gasteiger partial charge in [0.1, 0.15) is 0 Å². The van der Waals surface area contributed by atoms with Gasteiger partial charge < -0.3 is 4.74 Å². The molecule has 2 aliphatic heterocycles. The summed E-state index contributed by atoms with van der Waals surface area (Å²) in [6.07, 6.45) is 5.11.